The molecule has 4 heteroatoms. The summed E-state index contributed by atoms with van der Waals surface area (Å²) in [6.45, 7) is 7.26. The molecule has 0 radical (unpaired) electrons. The van der Waals surface area contributed by atoms with Crippen molar-refractivity contribution in [3.05, 3.63) is 41.1 Å². The average molecular weight is 246 g/mol. The number of nitrogens with two attached hydrogens (primary N) is 1. The number of nitrogens with zero attached hydrogens (tertiary/aromatic N) is 2. The molecular weight excluding hydrogens is 224 g/mol. The molecule has 2 rings (SSSR count). The Hall–Kier alpha value is -1.52. The molecule has 0 spiro atoms. The van der Waals surface area contributed by atoms with Crippen molar-refractivity contribution < 1.29 is 0 Å². The number of rotatable bonds is 4. The Labute approximate surface area is 109 Å². The van der Waals surface area contributed by atoms with Crippen LogP contribution in [0.3, 0.4) is 0 Å². The van der Waals surface area contributed by atoms with Gasteiger partial charge in [0.15, 0.2) is 0 Å². The lowest BCUT2D eigenvalue weighted by molar-refractivity contribution is -0.00362. The molecule has 0 unspecified atom stereocenters. The van der Waals surface area contributed by atoms with Gasteiger partial charge in [0.2, 0.25) is 0 Å². The lowest BCUT2D eigenvalue weighted by atomic mass is 10.1. The fraction of sp³-hybridized carbons (Fsp3) is 0.429. The van der Waals surface area contributed by atoms with Gasteiger partial charge in [0.1, 0.15) is 0 Å². The van der Waals surface area contributed by atoms with Gasteiger partial charge in [0.05, 0.1) is 11.4 Å². The molecule has 0 bridgehead atoms. The molecule has 1 aromatic rings. The second kappa shape index (κ2) is 5.42. The molecule has 3 N–H and O–H groups in total. The van der Waals surface area contributed by atoms with Crippen LogP contribution in [0.1, 0.15) is 37.8 Å². The predicted molar refractivity (Wildman–Crippen MR) is 74.5 cm³/mol. The molecular formula is C14H22N4. The van der Waals surface area contributed by atoms with Gasteiger partial charge in [-0.15, -0.1) is 5.12 Å². The van der Waals surface area contributed by atoms with Crippen molar-refractivity contribution in [3.63, 3.8) is 0 Å². The summed E-state index contributed by atoms with van der Waals surface area (Å²) in [6, 6.07) is 8.35. The quantitative estimate of drug-likeness (QED) is 0.801. The van der Waals surface area contributed by atoms with Gasteiger partial charge >= 0.3 is 0 Å². The molecule has 4 nitrogen and oxygen atoms in total. The highest BCUT2D eigenvalue weighted by atomic mass is 15.9. The van der Waals surface area contributed by atoms with Gasteiger partial charge in [-0.25, -0.2) is 11.0 Å². The summed E-state index contributed by atoms with van der Waals surface area (Å²) in [5.41, 5.74) is 8.02. The van der Waals surface area contributed by atoms with Gasteiger partial charge in [0, 0.05) is 12.1 Å². The van der Waals surface area contributed by atoms with Crippen LogP contribution < -0.4 is 11.3 Å². The lowest BCUT2D eigenvalue weighted by Crippen LogP contribution is -2.47. The van der Waals surface area contributed by atoms with E-state index < -0.39 is 0 Å². The van der Waals surface area contributed by atoms with E-state index in [4.69, 9.17) is 5.84 Å². The second-order valence-corrected chi connectivity index (χ2v) is 4.71. The third kappa shape index (κ3) is 2.35. The minimum Gasteiger partial charge on any atom is -0.298 e. The minimum atomic E-state index is 0.916. The predicted octanol–water partition coefficient (Wildman–Crippen LogP) is 2.39. The van der Waals surface area contributed by atoms with Crippen LogP contribution in [-0.2, 0) is 0 Å². The van der Waals surface area contributed by atoms with E-state index in [-0.39, 0.29) is 0 Å². The average Bonchev–Trinajstić information content (AvgIpc) is 2.65. The first-order chi connectivity index (χ1) is 8.65. The number of benzene rings is 1. The molecule has 0 fully saturated rings. The van der Waals surface area contributed by atoms with E-state index in [0.717, 1.165) is 30.8 Å². The molecule has 0 amide bonds. The van der Waals surface area contributed by atoms with Crippen LogP contribution >= 0.6 is 0 Å². The van der Waals surface area contributed by atoms with Crippen molar-refractivity contribution in [2.75, 3.05) is 6.54 Å². The molecule has 0 saturated carbocycles. The Kier molecular flexibility index (Phi) is 3.89. The first kappa shape index (κ1) is 12.9. The molecule has 0 saturated heterocycles. The molecule has 0 atom stereocenters. The lowest BCUT2D eigenvalue weighted by Gasteiger charge is -2.25. The minimum absolute atomic E-state index is 0.916. The van der Waals surface area contributed by atoms with Crippen LogP contribution in [0.25, 0.3) is 5.70 Å². The maximum atomic E-state index is 6.08. The largest absolute Gasteiger partial charge is 0.298 e. The van der Waals surface area contributed by atoms with Gasteiger partial charge in [0.25, 0.3) is 0 Å². The van der Waals surface area contributed by atoms with E-state index in [1.807, 2.05) is 12.0 Å². The molecule has 1 aromatic carbocycles. The monoisotopic (exact) mass is 246 g/mol. The Morgan fingerprint density at radius 2 is 1.94 bits per heavy atom. The molecule has 0 aromatic heterocycles. The standard InChI is InChI=1S/C14H22N4/c1-4-5-10-17-16-14(12(3)18(17)15)13-9-7-6-8-11(13)2/h6-9,16H,4-5,10,15H2,1-3H3. The van der Waals surface area contributed by atoms with Crippen molar-refractivity contribution in [1.29, 1.82) is 0 Å². The zero-order chi connectivity index (χ0) is 13.1. The van der Waals surface area contributed by atoms with Crippen LogP contribution in [0.4, 0.5) is 0 Å². The highest BCUT2D eigenvalue weighted by Crippen LogP contribution is 2.26. The van der Waals surface area contributed by atoms with Gasteiger partial charge in [-0.05, 0) is 25.8 Å². The van der Waals surface area contributed by atoms with E-state index in [1.165, 1.54) is 11.1 Å². The number of allylic oxidation sites excluding steroid dienone is 1. The van der Waals surface area contributed by atoms with Gasteiger partial charge in [-0.2, -0.15) is 0 Å². The van der Waals surface area contributed by atoms with Crippen molar-refractivity contribution in [2.45, 2.75) is 33.6 Å². The Balaban J connectivity index is 2.22. The molecule has 98 valence electrons. The fourth-order valence-electron chi connectivity index (χ4n) is 2.14. The Morgan fingerprint density at radius 1 is 1.22 bits per heavy atom. The van der Waals surface area contributed by atoms with Crippen LogP contribution in [0, 0.1) is 6.92 Å². The molecule has 0 aliphatic carbocycles. The third-order valence-corrected chi connectivity index (χ3v) is 3.34. The van der Waals surface area contributed by atoms with E-state index >= 15 is 0 Å². The number of hydrogen-bond donors (Lipinski definition) is 2. The fourth-order valence-corrected chi connectivity index (χ4v) is 2.14. The summed E-state index contributed by atoms with van der Waals surface area (Å²) in [5.74, 6) is 6.08. The van der Waals surface area contributed by atoms with Crippen LogP contribution in [0.2, 0.25) is 0 Å². The highest BCUT2D eigenvalue weighted by molar-refractivity contribution is 5.69. The highest BCUT2D eigenvalue weighted by Gasteiger charge is 2.25. The molecule has 1 aliphatic rings. The van der Waals surface area contributed by atoms with Crippen LogP contribution in [-0.4, -0.2) is 16.8 Å². The molecule has 1 heterocycles. The van der Waals surface area contributed by atoms with E-state index in [1.54, 1.807) is 5.12 Å². The van der Waals surface area contributed by atoms with Crippen molar-refractivity contribution in [1.82, 2.24) is 15.7 Å². The van der Waals surface area contributed by atoms with Gasteiger partial charge in [-0.1, -0.05) is 37.6 Å². The number of aryl methyl sites for hydroxylation is 1. The molecule has 18 heavy (non-hydrogen) atoms. The van der Waals surface area contributed by atoms with Gasteiger partial charge in [-0.3, -0.25) is 5.43 Å². The van der Waals surface area contributed by atoms with Crippen molar-refractivity contribution in [3.8, 4) is 0 Å². The Bertz CT molecular complexity index is 453. The summed E-state index contributed by atoms with van der Waals surface area (Å²) in [4.78, 5) is 0. The maximum absolute atomic E-state index is 6.08. The van der Waals surface area contributed by atoms with E-state index in [2.05, 4.69) is 43.5 Å². The first-order valence-corrected chi connectivity index (χ1v) is 6.51. The number of hydrazine groups is 3. The zero-order valence-corrected chi connectivity index (χ0v) is 11.4. The van der Waals surface area contributed by atoms with E-state index in [0.29, 0.717) is 0 Å². The topological polar surface area (TPSA) is 44.5 Å². The normalized spacial score (nSPS) is 16.3. The number of hydrogen-bond acceptors (Lipinski definition) is 4. The van der Waals surface area contributed by atoms with Crippen LogP contribution in [0.5, 0.6) is 0 Å². The maximum Gasteiger partial charge on any atom is 0.0803 e. The summed E-state index contributed by atoms with van der Waals surface area (Å²) in [6.07, 6.45) is 2.28. The number of nitrogens with one attached hydrogen (secondary N) is 1. The summed E-state index contributed by atoms with van der Waals surface area (Å²) >= 11 is 0. The second-order valence-electron chi connectivity index (χ2n) is 4.71. The van der Waals surface area contributed by atoms with E-state index in [9.17, 15) is 0 Å². The summed E-state index contributed by atoms with van der Waals surface area (Å²) in [7, 11) is 0. The third-order valence-electron chi connectivity index (χ3n) is 3.34. The molecule has 1 aliphatic heterocycles. The van der Waals surface area contributed by atoms with Crippen LogP contribution in [0.15, 0.2) is 30.0 Å². The van der Waals surface area contributed by atoms with Crippen molar-refractivity contribution >= 4 is 5.70 Å². The zero-order valence-electron chi connectivity index (χ0n) is 11.4. The summed E-state index contributed by atoms with van der Waals surface area (Å²) < 4.78 is 0. The first-order valence-electron chi connectivity index (χ1n) is 6.51. The Morgan fingerprint density at radius 3 is 2.61 bits per heavy atom. The van der Waals surface area contributed by atoms with Gasteiger partial charge < -0.3 is 0 Å². The smallest absolute Gasteiger partial charge is 0.0803 e. The summed E-state index contributed by atoms with van der Waals surface area (Å²) in [5, 5.41) is 3.68. The number of unbranched alkanes of at least 4 members (excludes halogenated alkanes) is 1. The van der Waals surface area contributed by atoms with Crippen molar-refractivity contribution in [2.24, 2.45) is 5.84 Å². The SMILES string of the molecule is CCCCN1NC(c2ccccc2C)=C(C)N1N.